The summed E-state index contributed by atoms with van der Waals surface area (Å²) in [4.78, 5) is 3.62. The lowest BCUT2D eigenvalue weighted by atomic mass is 10.2. The van der Waals surface area contributed by atoms with E-state index in [0.29, 0.717) is 0 Å². The highest BCUT2D eigenvalue weighted by molar-refractivity contribution is 9.10. The molecule has 0 spiro atoms. The summed E-state index contributed by atoms with van der Waals surface area (Å²) in [5.74, 6) is -0.393. The number of alkyl halides is 3. The largest absolute Gasteiger partial charge is 0.573 e. The number of ether oxygens (including phenoxy) is 1. The van der Waals surface area contributed by atoms with Gasteiger partial charge in [-0.25, -0.2) is 4.98 Å². The molecular formula is C7H7BrF3N3O. The Bertz CT molecular complexity index is 369. The van der Waals surface area contributed by atoms with Gasteiger partial charge in [0, 0.05) is 12.1 Å². The molecular weight excluding hydrogens is 279 g/mol. The molecule has 4 N–H and O–H groups in total. The molecule has 0 radical (unpaired) electrons. The lowest BCUT2D eigenvalue weighted by molar-refractivity contribution is -0.275. The van der Waals surface area contributed by atoms with Crippen molar-refractivity contribution in [2.75, 3.05) is 5.73 Å². The third-order valence-corrected chi connectivity index (χ3v) is 2.07. The van der Waals surface area contributed by atoms with Crippen molar-refractivity contribution in [1.82, 2.24) is 4.98 Å². The van der Waals surface area contributed by atoms with Gasteiger partial charge in [-0.15, -0.1) is 13.2 Å². The molecule has 15 heavy (non-hydrogen) atoms. The van der Waals surface area contributed by atoms with Gasteiger partial charge >= 0.3 is 6.36 Å². The topological polar surface area (TPSA) is 74.2 Å². The molecule has 0 bridgehead atoms. The molecule has 0 aliphatic rings. The molecule has 8 heteroatoms. The Morgan fingerprint density at radius 3 is 2.53 bits per heavy atom. The van der Waals surface area contributed by atoms with Crippen LogP contribution in [0.1, 0.15) is 5.56 Å². The fraction of sp³-hybridized carbons (Fsp3) is 0.286. The SMILES string of the molecule is NCc1cc(OC(F)(F)F)c(Br)nc1N. The molecule has 0 aromatic carbocycles. The van der Waals surface area contributed by atoms with Gasteiger partial charge in [-0.3, -0.25) is 0 Å². The normalized spacial score (nSPS) is 11.5. The third kappa shape index (κ3) is 3.24. The van der Waals surface area contributed by atoms with Crippen LogP contribution in [0.15, 0.2) is 10.7 Å². The molecule has 0 aliphatic carbocycles. The summed E-state index contributed by atoms with van der Waals surface area (Å²) in [7, 11) is 0. The fourth-order valence-electron chi connectivity index (χ4n) is 0.884. The van der Waals surface area contributed by atoms with Crippen molar-refractivity contribution in [1.29, 1.82) is 0 Å². The summed E-state index contributed by atoms with van der Waals surface area (Å²) >= 11 is 2.81. The van der Waals surface area contributed by atoms with Gasteiger partial charge in [-0.2, -0.15) is 0 Å². The summed E-state index contributed by atoms with van der Waals surface area (Å²) in [6, 6.07) is 1.10. The smallest absolute Gasteiger partial charge is 0.403 e. The fourth-order valence-corrected chi connectivity index (χ4v) is 1.27. The zero-order chi connectivity index (χ0) is 11.6. The van der Waals surface area contributed by atoms with Gasteiger partial charge in [0.2, 0.25) is 0 Å². The van der Waals surface area contributed by atoms with Crippen LogP contribution in [0.5, 0.6) is 5.75 Å². The van der Waals surface area contributed by atoms with Gasteiger partial charge in [0.1, 0.15) is 5.82 Å². The second-order valence-electron chi connectivity index (χ2n) is 2.57. The maximum atomic E-state index is 11.9. The van der Waals surface area contributed by atoms with Gasteiger partial charge in [-0.1, -0.05) is 0 Å². The van der Waals surface area contributed by atoms with E-state index in [4.69, 9.17) is 11.5 Å². The first-order valence-electron chi connectivity index (χ1n) is 3.74. The van der Waals surface area contributed by atoms with Crippen LogP contribution >= 0.6 is 15.9 Å². The molecule has 0 amide bonds. The summed E-state index contributed by atoms with van der Waals surface area (Å²) in [5.41, 5.74) is 11.0. The number of nitrogen functional groups attached to an aromatic ring is 1. The molecule has 0 saturated heterocycles. The number of halogens is 4. The van der Waals surface area contributed by atoms with E-state index in [1.165, 1.54) is 0 Å². The molecule has 0 unspecified atom stereocenters. The lowest BCUT2D eigenvalue weighted by Crippen LogP contribution is -2.18. The van der Waals surface area contributed by atoms with Gasteiger partial charge in [0.15, 0.2) is 10.4 Å². The van der Waals surface area contributed by atoms with Crippen LogP contribution in [-0.4, -0.2) is 11.3 Å². The summed E-state index contributed by atoms with van der Waals surface area (Å²) in [6.07, 6.45) is -4.77. The number of aromatic nitrogens is 1. The Morgan fingerprint density at radius 2 is 2.07 bits per heavy atom. The van der Waals surface area contributed by atoms with E-state index < -0.39 is 12.1 Å². The second kappa shape index (κ2) is 4.23. The second-order valence-corrected chi connectivity index (χ2v) is 3.32. The van der Waals surface area contributed by atoms with Gasteiger partial charge in [0.05, 0.1) is 0 Å². The molecule has 4 nitrogen and oxygen atoms in total. The Hall–Kier alpha value is -1.02. The molecule has 1 aromatic heterocycles. The van der Waals surface area contributed by atoms with E-state index in [2.05, 4.69) is 25.7 Å². The summed E-state index contributed by atoms with van der Waals surface area (Å²) in [5, 5.41) is 0. The number of rotatable bonds is 2. The highest BCUT2D eigenvalue weighted by Crippen LogP contribution is 2.31. The molecule has 0 fully saturated rings. The monoisotopic (exact) mass is 285 g/mol. The van der Waals surface area contributed by atoms with Crippen LogP contribution in [0.4, 0.5) is 19.0 Å². The van der Waals surface area contributed by atoms with E-state index in [1.54, 1.807) is 0 Å². The molecule has 0 aliphatic heterocycles. The van der Waals surface area contributed by atoms with Crippen LogP contribution in [0.25, 0.3) is 0 Å². The Kier molecular flexibility index (Phi) is 3.40. The van der Waals surface area contributed by atoms with Crippen molar-refractivity contribution in [2.45, 2.75) is 12.9 Å². The van der Waals surface area contributed by atoms with E-state index in [-0.39, 0.29) is 22.5 Å². The molecule has 1 heterocycles. The first-order valence-corrected chi connectivity index (χ1v) is 4.53. The van der Waals surface area contributed by atoms with Crippen molar-refractivity contribution in [3.8, 4) is 5.75 Å². The quantitative estimate of drug-likeness (QED) is 0.813. The number of pyridine rings is 1. The number of nitrogens with zero attached hydrogens (tertiary/aromatic N) is 1. The first kappa shape index (κ1) is 12.1. The number of hydrogen-bond donors (Lipinski definition) is 2. The lowest BCUT2D eigenvalue weighted by Gasteiger charge is -2.12. The van der Waals surface area contributed by atoms with Gasteiger partial charge in [0.25, 0.3) is 0 Å². The minimum Gasteiger partial charge on any atom is -0.403 e. The van der Waals surface area contributed by atoms with Crippen molar-refractivity contribution in [3.63, 3.8) is 0 Å². The zero-order valence-corrected chi connectivity index (χ0v) is 8.89. The molecule has 1 aromatic rings. The molecule has 0 saturated carbocycles. The van der Waals surface area contributed by atoms with Crippen LogP contribution in [0, 0.1) is 0 Å². The highest BCUT2D eigenvalue weighted by atomic mass is 79.9. The summed E-state index contributed by atoms with van der Waals surface area (Å²) in [6.45, 7) is -0.0136. The number of anilines is 1. The van der Waals surface area contributed by atoms with E-state index in [1.807, 2.05) is 0 Å². The third-order valence-electron chi connectivity index (χ3n) is 1.50. The Balaban J connectivity index is 3.08. The van der Waals surface area contributed by atoms with Crippen LogP contribution in [0.3, 0.4) is 0 Å². The van der Waals surface area contributed by atoms with Crippen LogP contribution < -0.4 is 16.2 Å². The predicted molar refractivity (Wildman–Crippen MR) is 50.9 cm³/mol. The highest BCUT2D eigenvalue weighted by Gasteiger charge is 2.32. The van der Waals surface area contributed by atoms with E-state index in [0.717, 1.165) is 6.07 Å². The maximum Gasteiger partial charge on any atom is 0.573 e. The van der Waals surface area contributed by atoms with Crippen LogP contribution in [-0.2, 0) is 6.54 Å². The number of nitrogens with two attached hydrogens (primary N) is 2. The van der Waals surface area contributed by atoms with E-state index in [9.17, 15) is 13.2 Å². The predicted octanol–water partition coefficient (Wildman–Crippen LogP) is 1.78. The molecule has 84 valence electrons. The average Bonchev–Trinajstić information content (AvgIpc) is 2.07. The minimum absolute atomic E-state index is 0.0136. The van der Waals surface area contributed by atoms with Gasteiger partial charge < -0.3 is 16.2 Å². The Morgan fingerprint density at radius 1 is 1.47 bits per heavy atom. The van der Waals surface area contributed by atoms with Crippen molar-refractivity contribution in [2.24, 2.45) is 5.73 Å². The van der Waals surface area contributed by atoms with Crippen molar-refractivity contribution in [3.05, 3.63) is 16.2 Å². The zero-order valence-electron chi connectivity index (χ0n) is 7.31. The Labute approximate surface area is 91.5 Å². The molecule has 1 rings (SSSR count). The summed E-state index contributed by atoms with van der Waals surface area (Å²) < 4.78 is 39.4. The van der Waals surface area contributed by atoms with Crippen molar-refractivity contribution < 1.29 is 17.9 Å². The van der Waals surface area contributed by atoms with Crippen molar-refractivity contribution >= 4 is 21.7 Å². The maximum absolute atomic E-state index is 11.9. The van der Waals surface area contributed by atoms with Gasteiger partial charge in [-0.05, 0) is 22.0 Å². The molecule has 0 atom stereocenters. The number of hydrogen-bond acceptors (Lipinski definition) is 4. The average molecular weight is 286 g/mol. The first-order chi connectivity index (χ1) is 6.83. The van der Waals surface area contributed by atoms with Crippen LogP contribution in [0.2, 0.25) is 0 Å². The van der Waals surface area contributed by atoms with E-state index >= 15 is 0 Å². The minimum atomic E-state index is -4.77. The standard InChI is InChI=1S/C7H7BrF3N3O/c8-5-4(15-7(9,10)11)1-3(2-12)6(13)14-5/h1H,2,12H2,(H2,13,14).